The molecule has 0 spiro atoms. The first-order valence-electron chi connectivity index (χ1n) is 8.89. The number of nitrogens with zero attached hydrogens (tertiary/aromatic N) is 3. The second-order valence-corrected chi connectivity index (χ2v) is 7.01. The molecule has 6 heteroatoms. The summed E-state index contributed by atoms with van der Waals surface area (Å²) in [6, 6.07) is 6.77. The van der Waals surface area contributed by atoms with Gasteiger partial charge in [-0.25, -0.2) is 4.39 Å². The third kappa shape index (κ3) is 3.01. The van der Waals surface area contributed by atoms with Gasteiger partial charge in [-0.2, -0.15) is 0 Å². The number of amides is 1. The van der Waals surface area contributed by atoms with E-state index >= 15 is 0 Å². The third-order valence-corrected chi connectivity index (χ3v) is 5.25. The van der Waals surface area contributed by atoms with E-state index in [0.717, 1.165) is 30.6 Å². The van der Waals surface area contributed by atoms with Gasteiger partial charge in [0.2, 0.25) is 0 Å². The lowest BCUT2D eigenvalue weighted by Crippen LogP contribution is -2.49. The monoisotopic (exact) mass is 343 g/mol. The van der Waals surface area contributed by atoms with Gasteiger partial charge in [0, 0.05) is 38.2 Å². The molecule has 0 unspecified atom stereocenters. The van der Waals surface area contributed by atoms with Gasteiger partial charge < -0.3 is 14.3 Å². The van der Waals surface area contributed by atoms with Crippen molar-refractivity contribution >= 4 is 11.6 Å². The van der Waals surface area contributed by atoms with Gasteiger partial charge in [0.25, 0.3) is 5.91 Å². The predicted molar refractivity (Wildman–Crippen MR) is 92.2 cm³/mol. The summed E-state index contributed by atoms with van der Waals surface area (Å²) in [5.74, 6) is 1.14. The lowest BCUT2D eigenvalue weighted by atomic mass is 9.88. The van der Waals surface area contributed by atoms with Gasteiger partial charge in [0.15, 0.2) is 5.69 Å². The Morgan fingerprint density at radius 3 is 2.76 bits per heavy atom. The van der Waals surface area contributed by atoms with Crippen LogP contribution in [0.2, 0.25) is 0 Å². The van der Waals surface area contributed by atoms with E-state index in [1.165, 1.54) is 6.07 Å². The van der Waals surface area contributed by atoms with Crippen LogP contribution >= 0.6 is 0 Å². The van der Waals surface area contributed by atoms with E-state index in [1.54, 1.807) is 17.0 Å². The summed E-state index contributed by atoms with van der Waals surface area (Å²) in [6.07, 6.45) is 2.80. The van der Waals surface area contributed by atoms with Crippen LogP contribution in [0.5, 0.6) is 0 Å². The highest BCUT2D eigenvalue weighted by Gasteiger charge is 2.31. The molecule has 1 fully saturated rings. The van der Waals surface area contributed by atoms with Crippen molar-refractivity contribution in [3.8, 4) is 0 Å². The minimum absolute atomic E-state index is 0.0627. The summed E-state index contributed by atoms with van der Waals surface area (Å²) in [5, 5.41) is 4.06. The molecule has 1 aliphatic heterocycles. The number of halogens is 1. The summed E-state index contributed by atoms with van der Waals surface area (Å²) < 4.78 is 19.3. The van der Waals surface area contributed by atoms with Gasteiger partial charge >= 0.3 is 0 Å². The average Bonchev–Trinajstić information content (AvgIpc) is 3.05. The Hall–Kier alpha value is -2.37. The molecule has 5 nitrogen and oxygen atoms in total. The van der Waals surface area contributed by atoms with E-state index in [2.05, 4.69) is 12.1 Å². The van der Waals surface area contributed by atoms with Crippen LogP contribution in [0, 0.1) is 11.7 Å². The molecule has 0 N–H and O–H groups in total. The minimum Gasteiger partial charge on any atom is -0.366 e. The van der Waals surface area contributed by atoms with Crippen LogP contribution in [0.15, 0.2) is 28.8 Å². The fourth-order valence-electron chi connectivity index (χ4n) is 3.75. The second-order valence-electron chi connectivity index (χ2n) is 7.01. The zero-order chi connectivity index (χ0) is 17.4. The zero-order valence-electron chi connectivity index (χ0n) is 14.4. The molecule has 132 valence electrons. The summed E-state index contributed by atoms with van der Waals surface area (Å²) in [5.41, 5.74) is 2.06. The number of hydrogen-bond donors (Lipinski definition) is 0. The number of rotatable bonds is 2. The maximum absolute atomic E-state index is 13.9. The van der Waals surface area contributed by atoms with Crippen LogP contribution < -0.4 is 4.90 Å². The molecule has 0 radical (unpaired) electrons. The van der Waals surface area contributed by atoms with Crippen LogP contribution in [-0.4, -0.2) is 42.1 Å². The summed E-state index contributed by atoms with van der Waals surface area (Å²) in [4.78, 5) is 16.6. The largest absolute Gasteiger partial charge is 0.366 e. The Balaban J connectivity index is 1.46. The lowest BCUT2D eigenvalue weighted by molar-refractivity contribution is 0.0735. The van der Waals surface area contributed by atoms with E-state index in [-0.39, 0.29) is 11.7 Å². The number of aromatic nitrogens is 1. The fourth-order valence-corrected chi connectivity index (χ4v) is 3.75. The number of anilines is 1. The SMILES string of the molecule is C[C@@H]1CCc2onc(C(=O)N3CCN(c4ccccc4F)CC3)c2C1. The van der Waals surface area contributed by atoms with Crippen LogP contribution in [0.25, 0.3) is 0 Å². The maximum Gasteiger partial charge on any atom is 0.276 e. The molecule has 0 bridgehead atoms. The molecule has 1 aliphatic carbocycles. The van der Waals surface area contributed by atoms with Gasteiger partial charge in [-0.05, 0) is 30.9 Å². The molecular weight excluding hydrogens is 321 g/mol. The average molecular weight is 343 g/mol. The topological polar surface area (TPSA) is 49.6 Å². The van der Waals surface area contributed by atoms with E-state index < -0.39 is 0 Å². The fraction of sp³-hybridized carbons (Fsp3) is 0.474. The number of carbonyl (C=O) groups is 1. The minimum atomic E-state index is -0.221. The Morgan fingerprint density at radius 1 is 1.24 bits per heavy atom. The lowest BCUT2D eigenvalue weighted by Gasteiger charge is -2.36. The molecule has 1 aromatic heterocycles. The summed E-state index contributed by atoms with van der Waals surface area (Å²) >= 11 is 0. The van der Waals surface area contributed by atoms with Crippen molar-refractivity contribution in [1.82, 2.24) is 10.1 Å². The van der Waals surface area contributed by atoms with Crippen molar-refractivity contribution in [2.24, 2.45) is 5.92 Å². The van der Waals surface area contributed by atoms with Crippen molar-refractivity contribution in [2.45, 2.75) is 26.2 Å². The van der Waals surface area contributed by atoms with Gasteiger partial charge in [-0.15, -0.1) is 0 Å². The van der Waals surface area contributed by atoms with Crippen molar-refractivity contribution in [1.29, 1.82) is 0 Å². The van der Waals surface area contributed by atoms with Gasteiger partial charge in [0.1, 0.15) is 11.6 Å². The highest BCUT2D eigenvalue weighted by molar-refractivity contribution is 5.94. The van der Waals surface area contributed by atoms with Gasteiger partial charge in [-0.1, -0.05) is 24.2 Å². The Bertz CT molecular complexity index is 781. The van der Waals surface area contributed by atoms with Crippen LogP contribution in [0.1, 0.15) is 35.2 Å². The molecule has 1 saturated heterocycles. The van der Waals surface area contributed by atoms with Crippen molar-refractivity contribution < 1.29 is 13.7 Å². The normalized spacial score (nSPS) is 20.5. The number of hydrogen-bond acceptors (Lipinski definition) is 4. The van der Waals surface area contributed by atoms with E-state index in [1.807, 2.05) is 11.0 Å². The Labute approximate surface area is 146 Å². The molecule has 2 heterocycles. The third-order valence-electron chi connectivity index (χ3n) is 5.25. The van der Waals surface area contributed by atoms with Crippen molar-refractivity contribution in [3.05, 3.63) is 47.1 Å². The van der Waals surface area contributed by atoms with Gasteiger partial charge in [-0.3, -0.25) is 4.79 Å². The highest BCUT2D eigenvalue weighted by Crippen LogP contribution is 2.29. The van der Waals surface area contributed by atoms with E-state index in [4.69, 9.17) is 4.52 Å². The van der Waals surface area contributed by atoms with Crippen molar-refractivity contribution in [2.75, 3.05) is 31.1 Å². The number of fused-ring (bicyclic) bond motifs is 1. The first-order chi connectivity index (χ1) is 12.1. The van der Waals surface area contributed by atoms with Crippen LogP contribution in [0.4, 0.5) is 10.1 Å². The first kappa shape index (κ1) is 16.1. The van der Waals surface area contributed by atoms with Crippen LogP contribution in [0.3, 0.4) is 0 Å². The van der Waals surface area contributed by atoms with Crippen LogP contribution in [-0.2, 0) is 12.8 Å². The number of carbonyl (C=O) groups excluding carboxylic acids is 1. The molecule has 1 atom stereocenters. The van der Waals surface area contributed by atoms with E-state index in [9.17, 15) is 9.18 Å². The molecule has 2 aliphatic rings. The predicted octanol–water partition coefficient (Wildman–Crippen LogP) is 2.90. The standard InChI is InChI=1S/C19H22FN3O2/c1-13-6-7-17-14(12-13)18(21-25-17)19(24)23-10-8-22(9-11-23)16-5-3-2-4-15(16)20/h2-5,13H,6-12H2,1H3/t13-/m1/s1. The zero-order valence-corrected chi connectivity index (χ0v) is 14.4. The highest BCUT2D eigenvalue weighted by atomic mass is 19.1. The molecular formula is C19H22FN3O2. The number of para-hydroxylation sites is 1. The Morgan fingerprint density at radius 2 is 2.00 bits per heavy atom. The molecule has 25 heavy (non-hydrogen) atoms. The molecule has 1 amide bonds. The second kappa shape index (κ2) is 6.50. The number of benzene rings is 1. The molecule has 2 aromatic rings. The van der Waals surface area contributed by atoms with Gasteiger partial charge in [0.05, 0.1) is 5.69 Å². The molecule has 0 saturated carbocycles. The smallest absolute Gasteiger partial charge is 0.276 e. The first-order valence-corrected chi connectivity index (χ1v) is 8.89. The number of piperazine rings is 1. The van der Waals surface area contributed by atoms with Crippen molar-refractivity contribution in [3.63, 3.8) is 0 Å². The Kier molecular flexibility index (Phi) is 4.19. The quantitative estimate of drug-likeness (QED) is 0.841. The van der Waals surface area contributed by atoms with E-state index in [0.29, 0.717) is 43.5 Å². The number of aryl methyl sites for hydroxylation is 1. The summed E-state index contributed by atoms with van der Waals surface area (Å²) in [7, 11) is 0. The summed E-state index contributed by atoms with van der Waals surface area (Å²) in [6.45, 7) is 4.54. The molecule has 4 rings (SSSR count). The molecule has 1 aromatic carbocycles. The maximum atomic E-state index is 13.9.